The van der Waals surface area contributed by atoms with Crippen LogP contribution in [0.15, 0.2) is 83.3 Å². The Kier molecular flexibility index (Phi) is 2.91. The largest absolute Gasteiger partial charge is 0.456 e. The molecule has 5 aromatic rings. The molecule has 0 bridgehead atoms. The highest BCUT2D eigenvalue weighted by molar-refractivity contribution is 6.36. The van der Waals surface area contributed by atoms with Crippen LogP contribution in [0.5, 0.6) is 0 Å². The van der Waals surface area contributed by atoms with E-state index in [2.05, 4.69) is 36.4 Å². The molecule has 0 N–H and O–H groups in total. The maximum absolute atomic E-state index is 6.39. The first-order valence-electron chi connectivity index (χ1n) is 7.91. The topological polar surface area (TPSA) is 13.1 Å². The molecule has 24 heavy (non-hydrogen) atoms. The van der Waals surface area contributed by atoms with Crippen LogP contribution in [-0.4, -0.2) is 0 Å². The molecule has 1 aromatic heterocycles. The molecular weight excluding hydrogens is 316 g/mol. The lowest BCUT2D eigenvalue weighted by Crippen LogP contribution is -1.83. The summed E-state index contributed by atoms with van der Waals surface area (Å²) >= 11 is 6.39. The highest BCUT2D eigenvalue weighted by Crippen LogP contribution is 2.40. The van der Waals surface area contributed by atoms with Gasteiger partial charge in [-0.2, -0.15) is 0 Å². The van der Waals surface area contributed by atoms with Gasteiger partial charge in [-0.3, -0.25) is 0 Å². The summed E-state index contributed by atoms with van der Waals surface area (Å²) in [5.41, 5.74) is 4.17. The lowest BCUT2D eigenvalue weighted by Gasteiger charge is -2.09. The minimum atomic E-state index is 0.776. The van der Waals surface area contributed by atoms with Gasteiger partial charge < -0.3 is 4.42 Å². The van der Waals surface area contributed by atoms with E-state index in [1.54, 1.807) is 0 Å². The summed E-state index contributed by atoms with van der Waals surface area (Å²) in [5, 5.41) is 5.30. The molecule has 4 aromatic carbocycles. The highest BCUT2D eigenvalue weighted by atomic mass is 35.5. The Bertz CT molecular complexity index is 1220. The normalized spacial score (nSPS) is 11.5. The van der Waals surface area contributed by atoms with Crippen molar-refractivity contribution in [3.8, 4) is 11.1 Å². The third kappa shape index (κ3) is 1.88. The third-order valence-corrected chi connectivity index (χ3v) is 4.89. The van der Waals surface area contributed by atoms with Gasteiger partial charge in [0.05, 0.1) is 0 Å². The summed E-state index contributed by atoms with van der Waals surface area (Å²) < 4.78 is 6.02. The lowest BCUT2D eigenvalue weighted by atomic mass is 9.95. The number of fused-ring (bicyclic) bond motifs is 4. The van der Waals surface area contributed by atoms with E-state index in [-0.39, 0.29) is 0 Å². The van der Waals surface area contributed by atoms with E-state index in [9.17, 15) is 0 Å². The molecule has 0 amide bonds. The van der Waals surface area contributed by atoms with Gasteiger partial charge in [-0.05, 0) is 34.7 Å². The van der Waals surface area contributed by atoms with E-state index < -0.39 is 0 Å². The number of furan rings is 1. The molecule has 114 valence electrons. The third-order valence-electron chi connectivity index (χ3n) is 4.56. The van der Waals surface area contributed by atoms with Crippen LogP contribution >= 0.6 is 11.6 Å². The predicted octanol–water partition coefficient (Wildman–Crippen LogP) is 7.06. The van der Waals surface area contributed by atoms with Gasteiger partial charge in [-0.25, -0.2) is 0 Å². The van der Waals surface area contributed by atoms with Crippen molar-refractivity contribution >= 4 is 44.3 Å². The zero-order chi connectivity index (χ0) is 16.1. The standard InChI is InChI=1S/C22H13ClO/c23-19-13-12-15(14-6-1-2-7-16(14)19)17-9-5-11-21-22(17)18-8-3-4-10-20(18)24-21/h1-13H. The molecule has 0 aliphatic heterocycles. The summed E-state index contributed by atoms with van der Waals surface area (Å²) in [5.74, 6) is 0. The van der Waals surface area contributed by atoms with E-state index in [1.165, 1.54) is 11.1 Å². The quantitative estimate of drug-likeness (QED) is 0.321. The first kappa shape index (κ1) is 13.6. The molecular formula is C22H13ClO. The zero-order valence-corrected chi connectivity index (χ0v) is 13.5. The van der Waals surface area contributed by atoms with Gasteiger partial charge in [0.25, 0.3) is 0 Å². The van der Waals surface area contributed by atoms with Gasteiger partial charge in [0.15, 0.2) is 0 Å². The minimum absolute atomic E-state index is 0.776. The number of hydrogen-bond donors (Lipinski definition) is 0. The van der Waals surface area contributed by atoms with Crippen LogP contribution in [0.4, 0.5) is 0 Å². The van der Waals surface area contributed by atoms with Crippen molar-refractivity contribution in [1.29, 1.82) is 0 Å². The van der Waals surface area contributed by atoms with Crippen molar-refractivity contribution < 1.29 is 4.42 Å². The first-order chi connectivity index (χ1) is 11.8. The summed E-state index contributed by atoms with van der Waals surface area (Å²) in [4.78, 5) is 0. The Morgan fingerprint density at radius 2 is 1.25 bits per heavy atom. The highest BCUT2D eigenvalue weighted by Gasteiger charge is 2.14. The molecule has 0 radical (unpaired) electrons. The van der Waals surface area contributed by atoms with Crippen molar-refractivity contribution in [2.24, 2.45) is 0 Å². The fourth-order valence-electron chi connectivity index (χ4n) is 3.50. The van der Waals surface area contributed by atoms with Gasteiger partial charge in [-0.1, -0.05) is 72.3 Å². The summed E-state index contributed by atoms with van der Waals surface area (Å²) in [6.45, 7) is 0. The predicted molar refractivity (Wildman–Crippen MR) is 102 cm³/mol. The molecule has 0 aliphatic carbocycles. The Labute approximate surface area is 144 Å². The van der Waals surface area contributed by atoms with Crippen LogP contribution in [0.3, 0.4) is 0 Å². The number of para-hydroxylation sites is 1. The average molecular weight is 329 g/mol. The molecule has 0 fully saturated rings. The van der Waals surface area contributed by atoms with Crippen LogP contribution in [-0.2, 0) is 0 Å². The zero-order valence-electron chi connectivity index (χ0n) is 12.8. The molecule has 0 unspecified atom stereocenters. The van der Waals surface area contributed by atoms with Gasteiger partial charge >= 0.3 is 0 Å². The second-order valence-electron chi connectivity index (χ2n) is 5.92. The molecule has 0 atom stereocenters. The number of hydrogen-bond acceptors (Lipinski definition) is 1. The van der Waals surface area contributed by atoms with Crippen LogP contribution in [0, 0.1) is 0 Å². The van der Waals surface area contributed by atoms with Gasteiger partial charge in [0, 0.05) is 21.2 Å². The Morgan fingerprint density at radius 1 is 0.542 bits per heavy atom. The maximum Gasteiger partial charge on any atom is 0.136 e. The van der Waals surface area contributed by atoms with E-state index in [0.717, 1.165) is 37.7 Å². The smallest absolute Gasteiger partial charge is 0.136 e. The van der Waals surface area contributed by atoms with Crippen molar-refractivity contribution in [3.05, 3.63) is 83.9 Å². The summed E-state index contributed by atoms with van der Waals surface area (Å²) in [6.07, 6.45) is 0. The van der Waals surface area contributed by atoms with Crippen LogP contribution in [0.2, 0.25) is 5.02 Å². The molecule has 5 rings (SSSR count). The van der Waals surface area contributed by atoms with Gasteiger partial charge in [0.1, 0.15) is 11.2 Å². The molecule has 2 heteroatoms. The van der Waals surface area contributed by atoms with Gasteiger partial charge in [-0.15, -0.1) is 0 Å². The van der Waals surface area contributed by atoms with Gasteiger partial charge in [0.2, 0.25) is 0 Å². The monoisotopic (exact) mass is 328 g/mol. The molecule has 0 spiro atoms. The van der Waals surface area contributed by atoms with E-state index in [1.807, 2.05) is 42.5 Å². The lowest BCUT2D eigenvalue weighted by molar-refractivity contribution is 0.669. The van der Waals surface area contributed by atoms with Crippen LogP contribution < -0.4 is 0 Å². The number of benzene rings is 4. The Balaban J connectivity index is 1.96. The number of rotatable bonds is 1. The minimum Gasteiger partial charge on any atom is -0.456 e. The maximum atomic E-state index is 6.39. The summed E-state index contributed by atoms with van der Waals surface area (Å²) in [6, 6.07) is 26.7. The molecule has 1 heterocycles. The van der Waals surface area contributed by atoms with E-state index in [4.69, 9.17) is 16.0 Å². The Hall–Kier alpha value is -2.77. The Morgan fingerprint density at radius 3 is 2.12 bits per heavy atom. The van der Waals surface area contributed by atoms with E-state index in [0.29, 0.717) is 0 Å². The summed E-state index contributed by atoms with van der Waals surface area (Å²) in [7, 11) is 0. The average Bonchev–Trinajstić information content (AvgIpc) is 3.01. The molecule has 0 saturated heterocycles. The first-order valence-corrected chi connectivity index (χ1v) is 8.28. The number of halogens is 1. The van der Waals surface area contributed by atoms with Crippen molar-refractivity contribution in [2.45, 2.75) is 0 Å². The van der Waals surface area contributed by atoms with Crippen LogP contribution in [0.25, 0.3) is 43.8 Å². The van der Waals surface area contributed by atoms with Crippen molar-refractivity contribution in [3.63, 3.8) is 0 Å². The van der Waals surface area contributed by atoms with Crippen molar-refractivity contribution in [2.75, 3.05) is 0 Å². The SMILES string of the molecule is Clc1ccc(-c2cccc3oc4ccccc4c23)c2ccccc12. The molecule has 1 nitrogen and oxygen atoms in total. The van der Waals surface area contributed by atoms with Crippen LogP contribution in [0.1, 0.15) is 0 Å². The molecule has 0 aliphatic rings. The fourth-order valence-corrected chi connectivity index (χ4v) is 3.72. The van der Waals surface area contributed by atoms with Crippen molar-refractivity contribution in [1.82, 2.24) is 0 Å². The fraction of sp³-hybridized carbons (Fsp3) is 0. The van der Waals surface area contributed by atoms with E-state index >= 15 is 0 Å². The second kappa shape index (κ2) is 5.12. The second-order valence-corrected chi connectivity index (χ2v) is 6.32. The molecule has 0 saturated carbocycles.